The molecule has 2 rings (SSSR count). The van der Waals surface area contributed by atoms with Crippen LogP contribution in [0.2, 0.25) is 0 Å². The maximum Gasteiger partial charge on any atom is 0.416 e. The Morgan fingerprint density at radius 2 is 1.62 bits per heavy atom. The van der Waals surface area contributed by atoms with Crippen molar-refractivity contribution in [3.8, 4) is 0 Å². The lowest BCUT2D eigenvalue weighted by Crippen LogP contribution is -2.37. The number of carbonyl (C=O) groups is 1. The molecule has 0 aliphatic carbocycles. The zero-order valence-electron chi connectivity index (χ0n) is 13.5. The van der Waals surface area contributed by atoms with E-state index in [1.165, 1.54) is 12.0 Å². The highest BCUT2D eigenvalue weighted by Crippen LogP contribution is 2.44. The van der Waals surface area contributed by atoms with Crippen LogP contribution in [0.15, 0.2) is 12.1 Å². The summed E-state index contributed by atoms with van der Waals surface area (Å²) in [6.07, 6.45) is -4.55. The number of alkyl halides is 3. The SMILES string of the molecule is COC(=O)C1CCN(c2c([N+](=O)[O-])cc(C(F)(F)F)cc2[N+](=O)[O-])CC1. The number of methoxy groups -OCH3 is 1. The van der Waals surface area contributed by atoms with Crippen LogP contribution in [0.25, 0.3) is 0 Å². The lowest BCUT2D eigenvalue weighted by molar-refractivity contribution is -0.393. The summed E-state index contributed by atoms with van der Waals surface area (Å²) in [6, 6.07) is 0.573. The molecule has 0 unspecified atom stereocenters. The van der Waals surface area contributed by atoms with Gasteiger partial charge in [0.15, 0.2) is 5.69 Å². The van der Waals surface area contributed by atoms with Crippen LogP contribution < -0.4 is 4.90 Å². The smallest absolute Gasteiger partial charge is 0.416 e. The molecule has 1 aromatic carbocycles. The molecule has 1 aromatic rings. The lowest BCUT2D eigenvalue weighted by atomic mass is 9.96. The zero-order valence-corrected chi connectivity index (χ0v) is 13.5. The van der Waals surface area contributed by atoms with Crippen molar-refractivity contribution in [2.75, 3.05) is 25.1 Å². The normalized spacial score (nSPS) is 15.6. The Morgan fingerprint density at radius 3 is 1.96 bits per heavy atom. The second-order valence-electron chi connectivity index (χ2n) is 5.66. The maximum atomic E-state index is 12.9. The summed E-state index contributed by atoms with van der Waals surface area (Å²) in [7, 11) is 1.21. The molecule has 1 aliphatic rings. The molecule has 26 heavy (non-hydrogen) atoms. The predicted octanol–water partition coefficient (Wildman–Crippen LogP) is 2.91. The minimum atomic E-state index is -4.97. The van der Waals surface area contributed by atoms with E-state index in [9.17, 15) is 38.2 Å². The Labute approximate surface area is 144 Å². The van der Waals surface area contributed by atoms with Gasteiger partial charge in [0.25, 0.3) is 11.4 Å². The van der Waals surface area contributed by atoms with Gasteiger partial charge in [0.05, 0.1) is 28.4 Å². The fourth-order valence-corrected chi connectivity index (χ4v) is 2.88. The van der Waals surface area contributed by atoms with E-state index in [1.54, 1.807) is 0 Å². The first-order valence-corrected chi connectivity index (χ1v) is 7.43. The number of piperidine rings is 1. The topological polar surface area (TPSA) is 116 Å². The number of carbonyl (C=O) groups excluding carboxylic acids is 1. The summed E-state index contributed by atoms with van der Waals surface area (Å²) < 4.78 is 43.4. The molecule has 0 N–H and O–H groups in total. The summed E-state index contributed by atoms with van der Waals surface area (Å²) in [5.41, 5.74) is -3.95. The fraction of sp³-hybridized carbons (Fsp3) is 0.500. The van der Waals surface area contributed by atoms with Gasteiger partial charge < -0.3 is 9.64 Å². The first kappa shape index (κ1) is 19.4. The van der Waals surface area contributed by atoms with Gasteiger partial charge in [0.2, 0.25) is 0 Å². The zero-order chi connectivity index (χ0) is 19.6. The highest BCUT2D eigenvalue weighted by atomic mass is 19.4. The van der Waals surface area contributed by atoms with Gasteiger partial charge in [-0.2, -0.15) is 13.2 Å². The quantitative estimate of drug-likeness (QED) is 0.450. The number of nitro groups is 2. The van der Waals surface area contributed by atoms with E-state index >= 15 is 0 Å². The standard InChI is InChI=1S/C14H14F3N3O6/c1-26-13(21)8-2-4-18(5-3-8)12-10(19(22)23)6-9(14(15,16)17)7-11(12)20(24)25/h6-8H,2-5H2,1H3. The molecule has 12 heteroatoms. The second kappa shape index (κ2) is 7.14. The third kappa shape index (κ3) is 3.83. The molecule has 1 aliphatic heterocycles. The summed E-state index contributed by atoms with van der Waals surface area (Å²) >= 11 is 0. The van der Waals surface area contributed by atoms with Gasteiger partial charge in [-0.3, -0.25) is 25.0 Å². The fourth-order valence-electron chi connectivity index (χ4n) is 2.88. The molecule has 0 amide bonds. The third-order valence-electron chi connectivity index (χ3n) is 4.14. The number of ether oxygens (including phenoxy) is 1. The Bertz CT molecular complexity index is 709. The molecule has 0 saturated carbocycles. The monoisotopic (exact) mass is 377 g/mol. The highest BCUT2D eigenvalue weighted by Gasteiger charge is 2.40. The number of rotatable bonds is 4. The number of halogens is 3. The van der Waals surface area contributed by atoms with Gasteiger partial charge in [-0.1, -0.05) is 0 Å². The molecular weight excluding hydrogens is 363 g/mol. The molecule has 9 nitrogen and oxygen atoms in total. The minimum absolute atomic E-state index is 0.0345. The van der Waals surface area contributed by atoms with Gasteiger partial charge in [-0.25, -0.2) is 0 Å². The number of hydrogen-bond donors (Lipinski definition) is 0. The van der Waals surface area contributed by atoms with E-state index < -0.39 is 50.5 Å². The molecule has 0 radical (unpaired) electrons. The van der Waals surface area contributed by atoms with Crippen molar-refractivity contribution in [1.82, 2.24) is 0 Å². The van der Waals surface area contributed by atoms with Crippen LogP contribution in [-0.4, -0.2) is 36.0 Å². The molecule has 0 atom stereocenters. The van der Waals surface area contributed by atoms with Crippen LogP contribution in [0.4, 0.5) is 30.2 Å². The Morgan fingerprint density at radius 1 is 1.15 bits per heavy atom. The van der Waals surface area contributed by atoms with Crippen molar-refractivity contribution in [2.24, 2.45) is 5.92 Å². The number of esters is 1. The van der Waals surface area contributed by atoms with Crippen molar-refractivity contribution in [3.63, 3.8) is 0 Å². The van der Waals surface area contributed by atoms with E-state index in [2.05, 4.69) is 4.74 Å². The van der Waals surface area contributed by atoms with E-state index in [-0.39, 0.29) is 38.1 Å². The molecule has 1 heterocycles. The van der Waals surface area contributed by atoms with E-state index in [0.717, 1.165) is 0 Å². The van der Waals surface area contributed by atoms with Crippen molar-refractivity contribution >= 4 is 23.0 Å². The molecule has 0 aromatic heterocycles. The highest BCUT2D eigenvalue weighted by molar-refractivity contribution is 5.77. The van der Waals surface area contributed by atoms with Crippen LogP contribution >= 0.6 is 0 Å². The van der Waals surface area contributed by atoms with E-state index in [0.29, 0.717) is 0 Å². The molecule has 0 spiro atoms. The van der Waals surface area contributed by atoms with Crippen LogP contribution in [0.5, 0.6) is 0 Å². The summed E-state index contributed by atoms with van der Waals surface area (Å²) in [6.45, 7) is 0.0691. The maximum absolute atomic E-state index is 12.9. The van der Waals surface area contributed by atoms with Crippen molar-refractivity contribution in [2.45, 2.75) is 19.0 Å². The lowest BCUT2D eigenvalue weighted by Gasteiger charge is -2.31. The van der Waals surface area contributed by atoms with Gasteiger partial charge in [0, 0.05) is 25.2 Å². The molecule has 142 valence electrons. The van der Waals surface area contributed by atoms with Crippen LogP contribution in [0.1, 0.15) is 18.4 Å². The first-order valence-electron chi connectivity index (χ1n) is 7.43. The second-order valence-corrected chi connectivity index (χ2v) is 5.66. The third-order valence-corrected chi connectivity index (χ3v) is 4.14. The van der Waals surface area contributed by atoms with Gasteiger partial charge in [-0.05, 0) is 12.8 Å². The number of hydrogen-bond acceptors (Lipinski definition) is 7. The number of benzene rings is 1. The Hall–Kier alpha value is -2.92. The largest absolute Gasteiger partial charge is 0.469 e. The van der Waals surface area contributed by atoms with Crippen LogP contribution in [0, 0.1) is 26.1 Å². The average Bonchev–Trinajstić information content (AvgIpc) is 2.59. The van der Waals surface area contributed by atoms with Crippen molar-refractivity contribution in [3.05, 3.63) is 37.9 Å². The molecule has 0 bridgehead atoms. The summed E-state index contributed by atoms with van der Waals surface area (Å²) in [5.74, 6) is -0.940. The average molecular weight is 377 g/mol. The number of nitro benzene ring substituents is 2. The predicted molar refractivity (Wildman–Crippen MR) is 81.7 cm³/mol. The van der Waals surface area contributed by atoms with Crippen LogP contribution in [-0.2, 0) is 15.7 Å². The van der Waals surface area contributed by atoms with Gasteiger partial charge in [-0.15, -0.1) is 0 Å². The summed E-state index contributed by atoms with van der Waals surface area (Å²) in [5, 5.41) is 22.5. The first-order chi connectivity index (χ1) is 12.1. The van der Waals surface area contributed by atoms with Crippen molar-refractivity contribution < 1.29 is 32.5 Å². The Kier molecular flexibility index (Phi) is 5.33. The minimum Gasteiger partial charge on any atom is -0.469 e. The van der Waals surface area contributed by atoms with Gasteiger partial charge in [0.1, 0.15) is 0 Å². The van der Waals surface area contributed by atoms with E-state index in [4.69, 9.17) is 0 Å². The number of anilines is 1. The van der Waals surface area contributed by atoms with Crippen LogP contribution in [0.3, 0.4) is 0 Å². The van der Waals surface area contributed by atoms with E-state index in [1.807, 2.05) is 0 Å². The summed E-state index contributed by atoms with van der Waals surface area (Å²) in [4.78, 5) is 33.1. The molecule has 1 saturated heterocycles. The molecule has 1 fully saturated rings. The Balaban J connectivity index is 2.49. The number of nitrogens with zero attached hydrogens (tertiary/aromatic N) is 3. The van der Waals surface area contributed by atoms with Gasteiger partial charge >= 0.3 is 12.1 Å². The van der Waals surface area contributed by atoms with Crippen molar-refractivity contribution in [1.29, 1.82) is 0 Å². The molecular formula is C14H14F3N3O6.